The lowest BCUT2D eigenvalue weighted by molar-refractivity contribution is -0.254. The molecule has 10 heteroatoms. The molecule has 6 rings (SSSR count). The Hall–Kier alpha value is -2.04. The van der Waals surface area contributed by atoms with Crippen molar-refractivity contribution in [2.24, 2.45) is 68.5 Å². The van der Waals surface area contributed by atoms with Crippen LogP contribution in [0.15, 0.2) is 11.6 Å². The van der Waals surface area contributed by atoms with Gasteiger partial charge in [0.2, 0.25) is 0 Å². The van der Waals surface area contributed by atoms with E-state index in [4.69, 9.17) is 15.2 Å². The molecule has 4 N–H and O–H groups in total. The highest BCUT2D eigenvalue weighted by molar-refractivity contribution is 5.73. The monoisotopic (exact) mass is 711 g/mol. The fourth-order valence-electron chi connectivity index (χ4n) is 12.6. The molecule has 0 amide bonds. The summed E-state index contributed by atoms with van der Waals surface area (Å²) in [7, 11) is 0. The molecule has 2 heterocycles. The summed E-state index contributed by atoms with van der Waals surface area (Å²) in [6.07, 6.45) is 7.96. The number of hydrogen-bond acceptors (Lipinski definition) is 8. The van der Waals surface area contributed by atoms with Gasteiger partial charge in [0.1, 0.15) is 6.04 Å². The second-order valence-corrected chi connectivity index (χ2v) is 20.2. The van der Waals surface area contributed by atoms with Crippen LogP contribution >= 0.6 is 0 Å². The summed E-state index contributed by atoms with van der Waals surface area (Å²) in [4.78, 5) is 15.2. The first-order chi connectivity index (χ1) is 23.7. The molecule has 12 atom stereocenters. The number of ether oxygens (including phenoxy) is 2. The first-order valence-electron chi connectivity index (χ1n) is 20.1. The van der Waals surface area contributed by atoms with Crippen molar-refractivity contribution in [1.29, 1.82) is 0 Å². The number of nitrogens with zero attached hydrogens (tertiary/aromatic N) is 4. The topological polar surface area (TPSA) is 137 Å². The molecule has 0 aromatic carbocycles. The Morgan fingerprint density at radius 1 is 1.10 bits per heavy atom. The lowest BCUT2D eigenvalue weighted by Gasteiger charge is -2.71. The molecule has 4 aliphatic carbocycles. The van der Waals surface area contributed by atoms with E-state index in [9.17, 15) is 9.90 Å². The average Bonchev–Trinajstić information content (AvgIpc) is 3.48. The van der Waals surface area contributed by atoms with Crippen LogP contribution in [0.25, 0.3) is 0 Å². The van der Waals surface area contributed by atoms with Crippen LogP contribution in [-0.2, 0) is 14.3 Å². The van der Waals surface area contributed by atoms with Crippen molar-refractivity contribution in [1.82, 2.24) is 25.5 Å². The molecule has 0 radical (unpaired) electrons. The molecule has 4 fully saturated rings. The van der Waals surface area contributed by atoms with E-state index in [1.165, 1.54) is 5.57 Å². The maximum absolute atomic E-state index is 13.5. The Labute approximate surface area is 307 Å². The Kier molecular flexibility index (Phi) is 9.91. The number of carboxylic acid groups (broad SMARTS) is 1. The fourth-order valence-corrected chi connectivity index (χ4v) is 12.6. The molecule has 1 aromatic heterocycles. The van der Waals surface area contributed by atoms with Gasteiger partial charge in [-0.25, -0.2) is 0 Å². The highest BCUT2D eigenvalue weighted by Crippen LogP contribution is 2.75. The normalized spacial score (nSPS) is 42.5. The maximum atomic E-state index is 13.5. The van der Waals surface area contributed by atoms with Crippen molar-refractivity contribution >= 4 is 11.9 Å². The van der Waals surface area contributed by atoms with E-state index in [1.807, 2.05) is 0 Å². The van der Waals surface area contributed by atoms with Gasteiger partial charge in [-0.05, 0) is 109 Å². The summed E-state index contributed by atoms with van der Waals surface area (Å²) in [6.45, 7) is 30.3. The first kappa shape index (κ1) is 38.7. The minimum absolute atomic E-state index is 0.149. The van der Waals surface area contributed by atoms with Crippen molar-refractivity contribution < 1.29 is 19.4 Å². The molecule has 288 valence electrons. The van der Waals surface area contributed by atoms with Gasteiger partial charge in [-0.2, -0.15) is 4.80 Å². The van der Waals surface area contributed by atoms with Crippen LogP contribution in [0.3, 0.4) is 0 Å². The summed E-state index contributed by atoms with van der Waals surface area (Å²) in [5, 5.41) is 28.2. The predicted octanol–water partition coefficient (Wildman–Crippen LogP) is 7.43. The molecule has 2 bridgehead atoms. The zero-order valence-corrected chi connectivity index (χ0v) is 33.9. The van der Waals surface area contributed by atoms with E-state index in [-0.39, 0.29) is 56.6 Å². The van der Waals surface area contributed by atoms with Gasteiger partial charge in [-0.1, -0.05) is 92.9 Å². The van der Waals surface area contributed by atoms with Crippen LogP contribution in [0.2, 0.25) is 0 Å². The van der Waals surface area contributed by atoms with Crippen molar-refractivity contribution in [2.75, 3.05) is 32.1 Å². The Morgan fingerprint density at radius 2 is 1.80 bits per heavy atom. The van der Waals surface area contributed by atoms with Crippen LogP contribution in [-0.4, -0.2) is 69.3 Å². The van der Waals surface area contributed by atoms with Gasteiger partial charge in [0, 0.05) is 16.4 Å². The molecular weight excluding hydrogens is 640 g/mol. The summed E-state index contributed by atoms with van der Waals surface area (Å²) in [5.74, 6) is 1.40. The number of nitrogens with two attached hydrogens (primary N) is 1. The Bertz CT molecular complexity index is 1490. The summed E-state index contributed by atoms with van der Waals surface area (Å²) in [6, 6.07) is -0.171. The van der Waals surface area contributed by atoms with E-state index in [2.05, 4.69) is 110 Å². The molecule has 51 heavy (non-hydrogen) atoms. The van der Waals surface area contributed by atoms with E-state index in [1.54, 1.807) is 4.80 Å². The Morgan fingerprint density at radius 3 is 2.39 bits per heavy atom. The molecule has 1 saturated heterocycles. The first-order valence-corrected chi connectivity index (χ1v) is 20.1. The number of fused-ring (bicyclic) bond motifs is 3. The minimum Gasteiger partial charge on any atom is -0.481 e. The zero-order valence-electron chi connectivity index (χ0n) is 33.9. The van der Waals surface area contributed by atoms with Crippen molar-refractivity contribution in [3.63, 3.8) is 0 Å². The predicted molar refractivity (Wildman–Crippen MR) is 201 cm³/mol. The van der Waals surface area contributed by atoms with Crippen molar-refractivity contribution in [2.45, 2.75) is 139 Å². The van der Waals surface area contributed by atoms with Crippen LogP contribution in [0.5, 0.6) is 0 Å². The lowest BCUT2D eigenvalue weighted by atomic mass is 9.34. The number of nitrogen functional groups attached to an aromatic ring is 1. The Balaban J connectivity index is 1.42. The number of aromatic nitrogens is 4. The van der Waals surface area contributed by atoms with Gasteiger partial charge in [0.05, 0.1) is 31.8 Å². The van der Waals surface area contributed by atoms with Gasteiger partial charge in [0.15, 0.2) is 0 Å². The average molecular weight is 711 g/mol. The van der Waals surface area contributed by atoms with Crippen LogP contribution < -0.4 is 11.1 Å². The second-order valence-electron chi connectivity index (χ2n) is 20.2. The van der Waals surface area contributed by atoms with Gasteiger partial charge in [-0.15, -0.1) is 5.10 Å². The number of tetrazole rings is 1. The number of anilines is 1. The maximum Gasteiger partial charge on any atom is 0.307 e. The summed E-state index contributed by atoms with van der Waals surface area (Å²) >= 11 is 0. The molecule has 5 aliphatic rings. The lowest BCUT2D eigenvalue weighted by Crippen LogP contribution is -2.69. The van der Waals surface area contributed by atoms with E-state index in [0.29, 0.717) is 49.4 Å². The van der Waals surface area contributed by atoms with E-state index >= 15 is 0 Å². The van der Waals surface area contributed by atoms with Crippen LogP contribution in [0.1, 0.15) is 128 Å². The second kappa shape index (κ2) is 13.1. The molecule has 1 aliphatic heterocycles. The molecule has 10 nitrogen and oxygen atoms in total. The van der Waals surface area contributed by atoms with Crippen molar-refractivity contribution in [3.8, 4) is 0 Å². The number of allylic oxidation sites excluding steroid dienone is 1. The third-order valence-corrected chi connectivity index (χ3v) is 16.6. The minimum atomic E-state index is -0.625. The quantitative estimate of drug-likeness (QED) is 0.200. The number of aliphatic carboxylic acids is 1. The van der Waals surface area contributed by atoms with Crippen molar-refractivity contribution in [3.05, 3.63) is 11.6 Å². The number of carboxylic acids is 1. The molecule has 1 aromatic rings. The third kappa shape index (κ3) is 5.73. The van der Waals surface area contributed by atoms with E-state index in [0.717, 1.165) is 45.1 Å². The third-order valence-electron chi connectivity index (χ3n) is 16.6. The van der Waals surface area contributed by atoms with Gasteiger partial charge >= 0.3 is 5.97 Å². The number of rotatable bonds is 11. The summed E-state index contributed by atoms with van der Waals surface area (Å²) in [5.41, 5.74) is 6.11. The van der Waals surface area contributed by atoms with Crippen LogP contribution in [0.4, 0.5) is 5.95 Å². The highest BCUT2D eigenvalue weighted by atomic mass is 16.5. The smallest absolute Gasteiger partial charge is 0.307 e. The van der Waals surface area contributed by atoms with Gasteiger partial charge in [-0.3, -0.25) is 4.79 Å². The standard InChI is InChI=1S/C41H70N6O4/c1-24(2)20-43-40(12,26(5)6)22-51-33-30(47-45-35(42)44-46-47)19-41-23-50-21-37(33,9)31(41)14-13-28-29(41)15-16-39(11)32(34(48)49)36(8,27(7)25(3)4)17-18-38(28,39)10/h15,24-28,30-33,43H,13-14,16-23H2,1-12H3,(H2,42,45)(H,48,49)/t27?,28-,30+,31-,32+,33-,36+,37-,38+,39-,40+,41-/m0/s1. The molecule has 1 unspecified atom stereocenters. The zero-order chi connectivity index (χ0) is 37.5. The fraction of sp³-hybridized carbons (Fsp3) is 0.902. The molecule has 3 saturated carbocycles. The number of carbonyl (C=O) groups is 1. The number of nitrogens with one attached hydrogen (secondary N) is 1. The summed E-state index contributed by atoms with van der Waals surface area (Å²) < 4.78 is 14.0. The van der Waals surface area contributed by atoms with Crippen LogP contribution in [0, 0.1) is 68.5 Å². The SMILES string of the molecule is CC(C)CN[C@](C)(CO[C@H]1[C@H](n2nnc(N)n2)C[C@@]23COC[C@@]1(C)[C@@H]2CC[C@H]1C3=CC[C@@]2(C)[C@H](C(=O)O)[C@@](C)(C(C)C(C)C)CC[C@]12C)C(C)C. The largest absolute Gasteiger partial charge is 0.481 e. The molecule has 0 spiro atoms. The van der Waals surface area contributed by atoms with Gasteiger partial charge in [0.25, 0.3) is 5.95 Å². The molecular formula is C41H70N6O4. The van der Waals surface area contributed by atoms with Gasteiger partial charge < -0.3 is 25.6 Å². The number of hydrogen-bond donors (Lipinski definition) is 3. The van der Waals surface area contributed by atoms with E-state index < -0.39 is 11.9 Å². The highest BCUT2D eigenvalue weighted by Gasteiger charge is 2.72.